The Hall–Kier alpha value is -1.14. The van der Waals surface area contributed by atoms with Crippen molar-refractivity contribution in [1.29, 1.82) is 0 Å². The maximum atomic E-state index is 5.68. The van der Waals surface area contributed by atoms with Crippen molar-refractivity contribution < 1.29 is 4.42 Å². The molecule has 5 nitrogen and oxygen atoms in total. The largest absolute Gasteiger partial charge is 0.445 e. The van der Waals surface area contributed by atoms with Crippen molar-refractivity contribution in [3.8, 4) is 0 Å². The molecular formula is C17H26Cl2N4O. The average Bonchev–Trinajstić information content (AvgIpc) is 2.78. The van der Waals surface area contributed by atoms with E-state index in [2.05, 4.69) is 26.3 Å². The van der Waals surface area contributed by atoms with Gasteiger partial charge >= 0.3 is 0 Å². The first-order valence-electron chi connectivity index (χ1n) is 8.07. The van der Waals surface area contributed by atoms with Crippen molar-refractivity contribution in [3.05, 3.63) is 47.9 Å². The predicted molar refractivity (Wildman–Crippen MR) is 99.7 cm³/mol. The Morgan fingerprint density at radius 3 is 2.75 bits per heavy atom. The van der Waals surface area contributed by atoms with Gasteiger partial charge in [0.15, 0.2) is 0 Å². The van der Waals surface area contributed by atoms with Crippen molar-refractivity contribution in [2.24, 2.45) is 0 Å². The van der Waals surface area contributed by atoms with Gasteiger partial charge in [-0.15, -0.1) is 24.8 Å². The van der Waals surface area contributed by atoms with E-state index >= 15 is 0 Å². The van der Waals surface area contributed by atoms with Crippen molar-refractivity contribution in [2.75, 3.05) is 13.1 Å². The fraction of sp³-hybridized carbons (Fsp3) is 0.529. The minimum Gasteiger partial charge on any atom is -0.445 e. The zero-order valence-electron chi connectivity index (χ0n) is 14.0. The van der Waals surface area contributed by atoms with E-state index in [9.17, 15) is 0 Å². The van der Waals surface area contributed by atoms with Gasteiger partial charge in [-0.25, -0.2) is 4.98 Å². The van der Waals surface area contributed by atoms with Crippen LogP contribution in [-0.4, -0.2) is 34.0 Å². The zero-order valence-corrected chi connectivity index (χ0v) is 15.6. The van der Waals surface area contributed by atoms with Gasteiger partial charge in [0.05, 0.1) is 18.4 Å². The zero-order chi connectivity index (χ0) is 15.2. The molecule has 1 N–H and O–H groups in total. The number of halogens is 2. The number of pyridine rings is 1. The number of oxazole rings is 1. The lowest BCUT2D eigenvalue weighted by molar-refractivity contribution is 0.147. The first-order chi connectivity index (χ1) is 10.8. The van der Waals surface area contributed by atoms with Crippen LogP contribution in [0.1, 0.15) is 36.6 Å². The van der Waals surface area contributed by atoms with Gasteiger partial charge in [0, 0.05) is 18.8 Å². The minimum atomic E-state index is 0. The highest BCUT2D eigenvalue weighted by Gasteiger charge is 2.22. The Morgan fingerprint density at radius 1 is 1.17 bits per heavy atom. The van der Waals surface area contributed by atoms with E-state index in [-0.39, 0.29) is 24.8 Å². The second-order valence-electron chi connectivity index (χ2n) is 5.93. The van der Waals surface area contributed by atoms with Gasteiger partial charge in [-0.1, -0.05) is 6.07 Å². The van der Waals surface area contributed by atoms with Gasteiger partial charge in [-0.2, -0.15) is 0 Å². The van der Waals surface area contributed by atoms with Crippen molar-refractivity contribution in [3.63, 3.8) is 0 Å². The summed E-state index contributed by atoms with van der Waals surface area (Å²) in [5, 5.41) is 3.48. The topological polar surface area (TPSA) is 54.2 Å². The molecule has 0 aliphatic carbocycles. The molecule has 7 heteroatoms. The summed E-state index contributed by atoms with van der Waals surface area (Å²) in [5.74, 6) is 1.67. The number of hydrogen-bond acceptors (Lipinski definition) is 5. The molecule has 2 aromatic rings. The van der Waals surface area contributed by atoms with E-state index in [0.717, 1.165) is 49.9 Å². The van der Waals surface area contributed by atoms with Gasteiger partial charge in [-0.05, 0) is 51.4 Å². The Balaban J connectivity index is 0.00000144. The van der Waals surface area contributed by atoms with E-state index < -0.39 is 0 Å². The molecule has 0 saturated carbocycles. The number of rotatable bonds is 5. The summed E-state index contributed by atoms with van der Waals surface area (Å²) in [6.07, 6.45) is 7.24. The molecule has 2 aromatic heterocycles. The van der Waals surface area contributed by atoms with Crippen LogP contribution in [0.2, 0.25) is 0 Å². The summed E-state index contributed by atoms with van der Waals surface area (Å²) < 4.78 is 5.68. The molecule has 0 spiro atoms. The van der Waals surface area contributed by atoms with Crippen LogP contribution in [-0.2, 0) is 13.1 Å². The van der Waals surface area contributed by atoms with Crippen LogP contribution in [0, 0.1) is 6.92 Å². The predicted octanol–water partition coefficient (Wildman–Crippen LogP) is 3.37. The van der Waals surface area contributed by atoms with Crippen LogP contribution in [0.4, 0.5) is 0 Å². The normalized spacial score (nSPS) is 17.7. The van der Waals surface area contributed by atoms with Gasteiger partial charge in [0.1, 0.15) is 5.76 Å². The van der Waals surface area contributed by atoms with Crippen LogP contribution in [0.3, 0.4) is 0 Å². The summed E-state index contributed by atoms with van der Waals surface area (Å²) in [5.41, 5.74) is 1.10. The SMILES string of the molecule is Cc1cnc(CN(Cc2ccccn2)C2CCCNCC2)o1.Cl.Cl. The molecule has 3 heterocycles. The highest BCUT2D eigenvalue weighted by molar-refractivity contribution is 5.85. The van der Waals surface area contributed by atoms with Gasteiger partial charge in [0.25, 0.3) is 0 Å². The number of aryl methyl sites for hydroxylation is 1. The molecule has 1 atom stereocenters. The molecule has 24 heavy (non-hydrogen) atoms. The van der Waals surface area contributed by atoms with E-state index in [1.165, 1.54) is 12.8 Å². The maximum absolute atomic E-state index is 5.68. The van der Waals surface area contributed by atoms with Crippen LogP contribution in [0.15, 0.2) is 35.0 Å². The molecule has 3 rings (SSSR count). The van der Waals surface area contributed by atoms with Crippen LogP contribution in [0.25, 0.3) is 0 Å². The second-order valence-corrected chi connectivity index (χ2v) is 5.93. The second kappa shape index (κ2) is 10.7. The molecule has 1 aliphatic heterocycles. The Morgan fingerprint density at radius 2 is 2.04 bits per heavy atom. The molecular weight excluding hydrogens is 347 g/mol. The highest BCUT2D eigenvalue weighted by Crippen LogP contribution is 2.19. The van der Waals surface area contributed by atoms with E-state index in [1.54, 1.807) is 6.20 Å². The molecule has 0 amide bonds. The van der Waals surface area contributed by atoms with E-state index in [1.807, 2.05) is 25.3 Å². The quantitative estimate of drug-likeness (QED) is 0.871. The third-order valence-electron chi connectivity index (χ3n) is 4.16. The summed E-state index contributed by atoms with van der Waals surface area (Å²) in [6, 6.07) is 6.64. The van der Waals surface area contributed by atoms with E-state index in [4.69, 9.17) is 4.42 Å². The van der Waals surface area contributed by atoms with Crippen molar-refractivity contribution in [1.82, 2.24) is 20.2 Å². The van der Waals surface area contributed by atoms with Gasteiger partial charge < -0.3 is 9.73 Å². The standard InChI is InChI=1S/C17H24N4O.2ClH/c1-14-11-20-17(22-14)13-21(12-15-5-2-3-9-19-15)16-6-4-8-18-10-7-16;;/h2-3,5,9,11,16,18H,4,6-8,10,12-13H2,1H3;2*1H. The first-order valence-corrected chi connectivity index (χ1v) is 8.07. The highest BCUT2D eigenvalue weighted by atomic mass is 35.5. The van der Waals surface area contributed by atoms with Gasteiger partial charge in [-0.3, -0.25) is 9.88 Å². The first kappa shape index (κ1) is 20.9. The van der Waals surface area contributed by atoms with E-state index in [0.29, 0.717) is 6.04 Å². The number of hydrogen-bond donors (Lipinski definition) is 1. The number of aromatic nitrogens is 2. The molecule has 134 valence electrons. The molecule has 1 aliphatic rings. The maximum Gasteiger partial charge on any atom is 0.208 e. The molecule has 1 fully saturated rings. The molecule has 1 unspecified atom stereocenters. The number of nitrogens with one attached hydrogen (secondary N) is 1. The minimum absolute atomic E-state index is 0. The van der Waals surface area contributed by atoms with Gasteiger partial charge in [0.2, 0.25) is 5.89 Å². The lowest BCUT2D eigenvalue weighted by Crippen LogP contribution is -2.35. The fourth-order valence-electron chi connectivity index (χ4n) is 3.03. The van der Waals surface area contributed by atoms with Crippen LogP contribution < -0.4 is 5.32 Å². The molecule has 0 aromatic carbocycles. The monoisotopic (exact) mass is 372 g/mol. The summed E-state index contributed by atoms with van der Waals surface area (Å²) >= 11 is 0. The third kappa shape index (κ3) is 6.06. The molecule has 0 bridgehead atoms. The summed E-state index contributed by atoms with van der Waals surface area (Å²) in [4.78, 5) is 11.3. The Kier molecular flexibility index (Phi) is 9.29. The lowest BCUT2D eigenvalue weighted by Gasteiger charge is -2.29. The fourth-order valence-corrected chi connectivity index (χ4v) is 3.03. The third-order valence-corrected chi connectivity index (χ3v) is 4.16. The number of nitrogens with zero attached hydrogens (tertiary/aromatic N) is 3. The molecule has 1 saturated heterocycles. The van der Waals surface area contributed by atoms with Crippen LogP contribution in [0.5, 0.6) is 0 Å². The summed E-state index contributed by atoms with van der Waals surface area (Å²) in [6.45, 7) is 5.72. The Bertz CT molecular complexity index is 571. The average molecular weight is 373 g/mol. The molecule has 0 radical (unpaired) electrons. The van der Waals surface area contributed by atoms with Crippen molar-refractivity contribution in [2.45, 2.75) is 45.3 Å². The lowest BCUT2D eigenvalue weighted by atomic mass is 10.1. The van der Waals surface area contributed by atoms with Crippen LogP contribution >= 0.6 is 24.8 Å². The summed E-state index contributed by atoms with van der Waals surface area (Å²) in [7, 11) is 0. The van der Waals surface area contributed by atoms with Crippen molar-refractivity contribution >= 4 is 24.8 Å². The smallest absolute Gasteiger partial charge is 0.208 e. The Labute approximate surface area is 156 Å².